The zero-order valence-corrected chi connectivity index (χ0v) is 10.7. The average Bonchev–Trinajstić information content (AvgIpc) is 2.29. The van der Waals surface area contributed by atoms with Crippen molar-refractivity contribution < 1.29 is 8.42 Å². The standard InChI is InChI=1S/C10H15ClN2O2S/c1-13(10-4-7-12-8-5-10)16(14,15)9-3-2-6-11/h4-5,7-8H,2-3,6,9H2,1H3. The van der Waals surface area contributed by atoms with Crippen LogP contribution in [0.15, 0.2) is 24.5 Å². The summed E-state index contributed by atoms with van der Waals surface area (Å²) in [5.74, 6) is 0.618. The van der Waals surface area contributed by atoms with Gasteiger partial charge in [-0.2, -0.15) is 0 Å². The third-order valence-corrected chi connectivity index (χ3v) is 4.35. The van der Waals surface area contributed by atoms with Crippen molar-refractivity contribution >= 4 is 27.3 Å². The fraction of sp³-hybridized carbons (Fsp3) is 0.500. The molecule has 6 heteroatoms. The number of aromatic nitrogens is 1. The summed E-state index contributed by atoms with van der Waals surface area (Å²) in [5.41, 5.74) is 0.626. The first-order valence-electron chi connectivity index (χ1n) is 5.00. The molecule has 0 radical (unpaired) electrons. The second kappa shape index (κ2) is 6.06. The van der Waals surface area contributed by atoms with Crippen LogP contribution < -0.4 is 4.31 Å². The molecule has 0 bridgehead atoms. The SMILES string of the molecule is CN(c1ccncc1)S(=O)(=O)CCCCCl. The zero-order valence-electron chi connectivity index (χ0n) is 9.13. The molecule has 1 aromatic rings. The molecule has 0 aromatic carbocycles. The van der Waals surface area contributed by atoms with Crippen LogP contribution in [0.2, 0.25) is 0 Å². The fourth-order valence-corrected chi connectivity index (χ4v) is 2.71. The van der Waals surface area contributed by atoms with Crippen molar-refractivity contribution in [1.82, 2.24) is 4.98 Å². The van der Waals surface area contributed by atoms with Gasteiger partial charge in [0.1, 0.15) is 0 Å². The lowest BCUT2D eigenvalue weighted by Gasteiger charge is -2.18. The van der Waals surface area contributed by atoms with Gasteiger partial charge in [-0.25, -0.2) is 8.42 Å². The van der Waals surface area contributed by atoms with Crippen molar-refractivity contribution in [1.29, 1.82) is 0 Å². The maximum Gasteiger partial charge on any atom is 0.234 e. The number of unbranched alkanes of at least 4 members (excludes halogenated alkanes) is 1. The van der Waals surface area contributed by atoms with E-state index in [4.69, 9.17) is 11.6 Å². The number of nitrogens with zero attached hydrogens (tertiary/aromatic N) is 2. The molecule has 0 unspecified atom stereocenters. The molecule has 0 atom stereocenters. The summed E-state index contributed by atoms with van der Waals surface area (Å²) in [4.78, 5) is 3.85. The number of halogens is 1. The van der Waals surface area contributed by atoms with Gasteiger partial charge in [-0.05, 0) is 25.0 Å². The molecule has 0 saturated heterocycles. The number of hydrogen-bond acceptors (Lipinski definition) is 3. The third kappa shape index (κ3) is 3.64. The molecular weight excluding hydrogens is 248 g/mol. The van der Waals surface area contributed by atoms with Gasteiger partial charge in [0.25, 0.3) is 0 Å². The van der Waals surface area contributed by atoms with Crippen LogP contribution >= 0.6 is 11.6 Å². The molecular formula is C10H15ClN2O2S. The van der Waals surface area contributed by atoms with Crippen molar-refractivity contribution in [2.45, 2.75) is 12.8 Å². The summed E-state index contributed by atoms with van der Waals surface area (Å²) in [6.07, 6.45) is 4.44. The molecule has 1 heterocycles. The molecule has 1 aromatic heterocycles. The van der Waals surface area contributed by atoms with Gasteiger partial charge in [-0.3, -0.25) is 9.29 Å². The Morgan fingerprint density at radius 1 is 1.31 bits per heavy atom. The molecule has 0 aliphatic heterocycles. The second-order valence-corrected chi connectivity index (χ2v) is 5.88. The van der Waals surface area contributed by atoms with Crippen LogP contribution in [0.3, 0.4) is 0 Å². The number of anilines is 1. The molecule has 4 nitrogen and oxygen atoms in total. The van der Waals surface area contributed by atoms with Crippen LogP contribution in [-0.4, -0.2) is 32.1 Å². The van der Waals surface area contributed by atoms with Gasteiger partial charge < -0.3 is 0 Å². The first kappa shape index (κ1) is 13.3. The normalized spacial score (nSPS) is 11.4. The summed E-state index contributed by atoms with van der Waals surface area (Å²) in [6.45, 7) is 0. The van der Waals surface area contributed by atoms with Gasteiger partial charge >= 0.3 is 0 Å². The van der Waals surface area contributed by atoms with E-state index in [0.717, 1.165) is 0 Å². The Balaban J connectivity index is 2.69. The molecule has 0 aliphatic carbocycles. The Morgan fingerprint density at radius 3 is 2.50 bits per heavy atom. The maximum absolute atomic E-state index is 11.9. The molecule has 0 fully saturated rings. The number of hydrogen-bond donors (Lipinski definition) is 0. The highest BCUT2D eigenvalue weighted by molar-refractivity contribution is 7.92. The second-order valence-electron chi connectivity index (χ2n) is 3.39. The van der Waals surface area contributed by atoms with Gasteiger partial charge in [-0.1, -0.05) is 0 Å². The highest BCUT2D eigenvalue weighted by Crippen LogP contribution is 2.15. The monoisotopic (exact) mass is 262 g/mol. The lowest BCUT2D eigenvalue weighted by Crippen LogP contribution is -2.29. The fourth-order valence-electron chi connectivity index (χ4n) is 1.23. The smallest absolute Gasteiger partial charge is 0.234 e. The van der Waals surface area contributed by atoms with E-state index in [1.54, 1.807) is 31.6 Å². The molecule has 0 amide bonds. The minimum absolute atomic E-state index is 0.124. The average molecular weight is 263 g/mol. The predicted molar refractivity (Wildman–Crippen MR) is 66.4 cm³/mol. The van der Waals surface area contributed by atoms with Crippen molar-refractivity contribution in [3.05, 3.63) is 24.5 Å². The lowest BCUT2D eigenvalue weighted by atomic mass is 10.4. The Hall–Kier alpha value is -0.810. The predicted octanol–water partition coefficient (Wildman–Crippen LogP) is 1.87. The number of alkyl halides is 1. The minimum Gasteiger partial charge on any atom is -0.273 e. The van der Waals surface area contributed by atoms with E-state index >= 15 is 0 Å². The Labute approximate surface area is 101 Å². The molecule has 90 valence electrons. The molecule has 0 N–H and O–H groups in total. The van der Waals surface area contributed by atoms with Gasteiger partial charge in [0.05, 0.1) is 11.4 Å². The van der Waals surface area contributed by atoms with Gasteiger partial charge in [0.15, 0.2) is 0 Å². The van der Waals surface area contributed by atoms with E-state index in [-0.39, 0.29) is 5.75 Å². The van der Waals surface area contributed by atoms with Gasteiger partial charge in [0.2, 0.25) is 10.0 Å². The molecule has 16 heavy (non-hydrogen) atoms. The van der Waals surface area contributed by atoms with Crippen molar-refractivity contribution in [2.24, 2.45) is 0 Å². The van der Waals surface area contributed by atoms with E-state index in [1.807, 2.05) is 0 Å². The third-order valence-electron chi connectivity index (χ3n) is 2.23. The summed E-state index contributed by atoms with van der Waals surface area (Å²) in [5, 5.41) is 0. The Bertz CT molecular complexity index is 408. The van der Waals surface area contributed by atoms with Gasteiger partial charge in [0, 0.05) is 25.3 Å². The number of pyridine rings is 1. The highest BCUT2D eigenvalue weighted by Gasteiger charge is 2.17. The maximum atomic E-state index is 11.9. The van der Waals surface area contributed by atoms with Crippen LogP contribution in [0.25, 0.3) is 0 Å². The highest BCUT2D eigenvalue weighted by atomic mass is 35.5. The van der Waals surface area contributed by atoms with Crippen LogP contribution in [0.5, 0.6) is 0 Å². The Morgan fingerprint density at radius 2 is 1.94 bits per heavy atom. The van der Waals surface area contributed by atoms with Crippen molar-refractivity contribution in [3.63, 3.8) is 0 Å². The first-order valence-corrected chi connectivity index (χ1v) is 7.15. The Kier molecular flexibility index (Phi) is 5.02. The summed E-state index contributed by atoms with van der Waals surface area (Å²) in [6, 6.07) is 3.33. The summed E-state index contributed by atoms with van der Waals surface area (Å²) < 4.78 is 25.0. The van der Waals surface area contributed by atoms with E-state index < -0.39 is 10.0 Å². The van der Waals surface area contributed by atoms with E-state index in [0.29, 0.717) is 24.4 Å². The molecule has 0 aliphatic rings. The lowest BCUT2D eigenvalue weighted by molar-refractivity contribution is 0.591. The van der Waals surface area contributed by atoms with Gasteiger partial charge in [-0.15, -0.1) is 11.6 Å². The van der Waals surface area contributed by atoms with Crippen LogP contribution in [0.4, 0.5) is 5.69 Å². The topological polar surface area (TPSA) is 50.3 Å². The molecule has 0 spiro atoms. The summed E-state index contributed by atoms with van der Waals surface area (Å²) >= 11 is 5.51. The van der Waals surface area contributed by atoms with Crippen molar-refractivity contribution in [3.8, 4) is 0 Å². The van der Waals surface area contributed by atoms with Crippen LogP contribution in [-0.2, 0) is 10.0 Å². The zero-order chi connectivity index (χ0) is 12.0. The van der Waals surface area contributed by atoms with Crippen molar-refractivity contribution in [2.75, 3.05) is 23.0 Å². The van der Waals surface area contributed by atoms with E-state index in [1.165, 1.54) is 4.31 Å². The first-order chi connectivity index (χ1) is 7.58. The quantitative estimate of drug-likeness (QED) is 0.581. The minimum atomic E-state index is -3.24. The number of rotatable bonds is 6. The van der Waals surface area contributed by atoms with E-state index in [9.17, 15) is 8.42 Å². The number of sulfonamides is 1. The largest absolute Gasteiger partial charge is 0.273 e. The molecule has 1 rings (SSSR count). The van der Waals surface area contributed by atoms with E-state index in [2.05, 4.69) is 4.98 Å². The van der Waals surface area contributed by atoms with Crippen LogP contribution in [0.1, 0.15) is 12.8 Å². The summed E-state index contributed by atoms with van der Waals surface area (Å²) in [7, 11) is -1.69. The van der Waals surface area contributed by atoms with Crippen LogP contribution in [0, 0.1) is 0 Å². The molecule has 0 saturated carbocycles.